The molecular weight excluding hydrogens is 344 g/mol. The second-order valence-electron chi connectivity index (χ2n) is 6.80. The zero-order valence-corrected chi connectivity index (χ0v) is 16.6. The third-order valence-electron chi connectivity index (χ3n) is 4.99. The van der Waals surface area contributed by atoms with Crippen molar-refractivity contribution in [3.63, 3.8) is 0 Å². The van der Waals surface area contributed by atoms with E-state index in [4.69, 9.17) is 9.97 Å². The number of benzene rings is 2. The van der Waals surface area contributed by atoms with E-state index < -0.39 is 0 Å². The van der Waals surface area contributed by atoms with Gasteiger partial charge < -0.3 is 4.90 Å². The Morgan fingerprint density at radius 2 is 1.50 bits per heavy atom. The Balaban J connectivity index is 1.86. The molecule has 0 aliphatic carbocycles. The van der Waals surface area contributed by atoms with Crippen LogP contribution in [0.5, 0.6) is 0 Å². The summed E-state index contributed by atoms with van der Waals surface area (Å²) >= 11 is 0. The highest BCUT2D eigenvalue weighted by atomic mass is 15.1. The predicted octanol–water partition coefficient (Wildman–Crippen LogP) is 5.51. The molecule has 140 valence electrons. The molecule has 28 heavy (non-hydrogen) atoms. The molecule has 4 aromatic rings. The van der Waals surface area contributed by atoms with Crippen LogP contribution in [0, 0.1) is 6.92 Å². The lowest BCUT2D eigenvalue weighted by molar-refractivity contribution is 0.866. The number of aryl methyl sites for hydroxylation is 1. The molecule has 0 saturated carbocycles. The number of rotatable bonds is 5. The van der Waals surface area contributed by atoms with Crippen LogP contribution in [0.3, 0.4) is 0 Å². The molecule has 0 fully saturated rings. The first-order valence-corrected chi connectivity index (χ1v) is 9.75. The summed E-state index contributed by atoms with van der Waals surface area (Å²) in [7, 11) is 0. The summed E-state index contributed by atoms with van der Waals surface area (Å²) in [6.45, 7) is 8.33. The highest BCUT2D eigenvalue weighted by Crippen LogP contribution is 2.30. The van der Waals surface area contributed by atoms with E-state index in [9.17, 15) is 0 Å². The van der Waals surface area contributed by atoms with E-state index in [0.29, 0.717) is 5.82 Å². The van der Waals surface area contributed by atoms with E-state index in [0.717, 1.165) is 46.6 Å². The molecule has 0 aliphatic rings. The zero-order chi connectivity index (χ0) is 19.5. The second kappa shape index (κ2) is 7.77. The first kappa shape index (κ1) is 18.1. The first-order chi connectivity index (χ1) is 13.7. The van der Waals surface area contributed by atoms with E-state index in [2.05, 4.69) is 54.1 Å². The van der Waals surface area contributed by atoms with Gasteiger partial charge in [-0.25, -0.2) is 15.0 Å². The number of hydrogen-bond acceptors (Lipinski definition) is 4. The van der Waals surface area contributed by atoms with Crippen molar-refractivity contribution in [1.29, 1.82) is 0 Å². The van der Waals surface area contributed by atoms with Crippen molar-refractivity contribution in [2.75, 3.05) is 18.0 Å². The summed E-state index contributed by atoms with van der Waals surface area (Å²) in [4.78, 5) is 16.6. The van der Waals surface area contributed by atoms with Crippen molar-refractivity contribution in [2.24, 2.45) is 0 Å². The maximum atomic E-state index is 4.91. The maximum absolute atomic E-state index is 4.91. The minimum absolute atomic E-state index is 0.658. The van der Waals surface area contributed by atoms with Crippen molar-refractivity contribution >= 4 is 16.6 Å². The summed E-state index contributed by atoms with van der Waals surface area (Å²) < 4.78 is 0. The Hall–Kier alpha value is -3.27. The van der Waals surface area contributed by atoms with Crippen LogP contribution in [0.4, 0.5) is 5.69 Å². The van der Waals surface area contributed by atoms with Gasteiger partial charge in [-0.15, -0.1) is 0 Å². The Morgan fingerprint density at radius 1 is 0.750 bits per heavy atom. The average Bonchev–Trinajstić information content (AvgIpc) is 2.74. The minimum atomic E-state index is 0.658. The summed E-state index contributed by atoms with van der Waals surface area (Å²) in [5.41, 5.74) is 5.94. The SMILES string of the molecule is CCN(CC)c1ccc(-c2nc(-c3cccc(C)n3)nc3ccccc23)cc1. The molecule has 0 atom stereocenters. The number of hydrogen-bond donors (Lipinski definition) is 0. The third-order valence-corrected chi connectivity index (χ3v) is 4.99. The minimum Gasteiger partial charge on any atom is -0.372 e. The number of fused-ring (bicyclic) bond motifs is 1. The molecule has 0 unspecified atom stereocenters. The normalized spacial score (nSPS) is 11.0. The molecule has 0 radical (unpaired) electrons. The molecule has 0 aliphatic heterocycles. The summed E-state index contributed by atoms with van der Waals surface area (Å²) in [6, 6.07) is 22.7. The monoisotopic (exact) mass is 368 g/mol. The van der Waals surface area contributed by atoms with Crippen molar-refractivity contribution < 1.29 is 0 Å². The molecule has 0 N–H and O–H groups in total. The lowest BCUT2D eigenvalue weighted by Crippen LogP contribution is -2.21. The Labute approximate surface area is 165 Å². The lowest BCUT2D eigenvalue weighted by Gasteiger charge is -2.21. The molecule has 0 saturated heterocycles. The molecule has 2 aromatic carbocycles. The fourth-order valence-electron chi connectivity index (χ4n) is 3.50. The number of para-hydroxylation sites is 1. The molecule has 2 heterocycles. The van der Waals surface area contributed by atoms with Crippen LogP contribution in [0.15, 0.2) is 66.7 Å². The van der Waals surface area contributed by atoms with E-state index in [1.54, 1.807) is 0 Å². The Morgan fingerprint density at radius 3 is 2.21 bits per heavy atom. The summed E-state index contributed by atoms with van der Waals surface area (Å²) in [5, 5.41) is 1.05. The number of nitrogens with zero attached hydrogens (tertiary/aromatic N) is 4. The smallest absolute Gasteiger partial charge is 0.179 e. The molecule has 0 amide bonds. The van der Waals surface area contributed by atoms with Crippen molar-refractivity contribution in [3.05, 3.63) is 72.4 Å². The van der Waals surface area contributed by atoms with Gasteiger partial charge in [-0.05, 0) is 51.1 Å². The molecule has 2 aromatic heterocycles. The predicted molar refractivity (Wildman–Crippen MR) is 117 cm³/mol. The zero-order valence-electron chi connectivity index (χ0n) is 16.6. The van der Waals surface area contributed by atoms with Crippen molar-refractivity contribution in [2.45, 2.75) is 20.8 Å². The average molecular weight is 368 g/mol. The van der Waals surface area contributed by atoms with Crippen LogP contribution >= 0.6 is 0 Å². The Bertz CT molecular complexity index is 1100. The van der Waals surface area contributed by atoms with Gasteiger partial charge in [-0.1, -0.05) is 36.4 Å². The van der Waals surface area contributed by atoms with E-state index in [-0.39, 0.29) is 0 Å². The van der Waals surface area contributed by atoms with Crippen LogP contribution < -0.4 is 4.90 Å². The molecular formula is C24H24N4. The maximum Gasteiger partial charge on any atom is 0.179 e. The van der Waals surface area contributed by atoms with Gasteiger partial charge in [-0.3, -0.25) is 0 Å². The van der Waals surface area contributed by atoms with Gasteiger partial charge in [0.1, 0.15) is 5.69 Å². The van der Waals surface area contributed by atoms with Crippen LogP contribution in [0.1, 0.15) is 19.5 Å². The van der Waals surface area contributed by atoms with Crippen LogP contribution in [0.2, 0.25) is 0 Å². The lowest BCUT2D eigenvalue weighted by atomic mass is 10.1. The van der Waals surface area contributed by atoms with Gasteiger partial charge in [0, 0.05) is 35.4 Å². The third kappa shape index (κ3) is 3.46. The second-order valence-corrected chi connectivity index (χ2v) is 6.80. The highest BCUT2D eigenvalue weighted by molar-refractivity contribution is 5.93. The summed E-state index contributed by atoms with van der Waals surface area (Å²) in [5.74, 6) is 0.658. The quantitative estimate of drug-likeness (QED) is 0.465. The van der Waals surface area contributed by atoms with Crippen LogP contribution in [-0.2, 0) is 0 Å². The van der Waals surface area contributed by atoms with Crippen LogP contribution in [-0.4, -0.2) is 28.0 Å². The number of pyridine rings is 1. The van der Waals surface area contributed by atoms with Gasteiger partial charge in [0.05, 0.1) is 11.2 Å². The highest BCUT2D eigenvalue weighted by Gasteiger charge is 2.12. The molecule has 0 bridgehead atoms. The van der Waals surface area contributed by atoms with Crippen molar-refractivity contribution in [1.82, 2.24) is 15.0 Å². The fraction of sp³-hybridized carbons (Fsp3) is 0.208. The van der Waals surface area contributed by atoms with Gasteiger partial charge >= 0.3 is 0 Å². The van der Waals surface area contributed by atoms with Gasteiger partial charge in [0.15, 0.2) is 5.82 Å². The van der Waals surface area contributed by atoms with Crippen LogP contribution in [0.25, 0.3) is 33.7 Å². The fourth-order valence-corrected chi connectivity index (χ4v) is 3.50. The van der Waals surface area contributed by atoms with Gasteiger partial charge in [0.2, 0.25) is 0 Å². The molecule has 4 nitrogen and oxygen atoms in total. The van der Waals surface area contributed by atoms with E-state index in [1.807, 2.05) is 43.3 Å². The molecule has 4 heteroatoms. The number of aromatic nitrogens is 3. The van der Waals surface area contributed by atoms with E-state index in [1.165, 1.54) is 5.69 Å². The van der Waals surface area contributed by atoms with Gasteiger partial charge in [0.25, 0.3) is 0 Å². The Kier molecular flexibility index (Phi) is 5.02. The van der Waals surface area contributed by atoms with E-state index >= 15 is 0 Å². The van der Waals surface area contributed by atoms with Crippen molar-refractivity contribution in [3.8, 4) is 22.8 Å². The molecule has 4 rings (SSSR count). The molecule has 0 spiro atoms. The summed E-state index contributed by atoms with van der Waals surface area (Å²) in [6.07, 6.45) is 0. The standard InChI is InChI=1S/C24H24N4/c1-4-28(5-2)19-15-13-18(14-16-19)23-20-10-6-7-11-21(20)26-24(27-23)22-12-8-9-17(3)25-22/h6-16H,4-5H2,1-3H3. The first-order valence-electron chi connectivity index (χ1n) is 9.75. The largest absolute Gasteiger partial charge is 0.372 e. The van der Waals surface area contributed by atoms with Gasteiger partial charge in [-0.2, -0.15) is 0 Å². The topological polar surface area (TPSA) is 41.9 Å². The number of anilines is 1.